The first kappa shape index (κ1) is 15.0. The standard InChI is InChI=1S/C18H15FN2O2/c1-11-3-4-12(2)15(9-11)20-18(22)16-10-17(23-21-16)13-5-7-14(19)8-6-13/h3-10H,1-2H3,(H,20,22). The maximum Gasteiger partial charge on any atom is 0.277 e. The van der Waals surface area contributed by atoms with Gasteiger partial charge >= 0.3 is 0 Å². The quantitative estimate of drug-likeness (QED) is 0.782. The molecule has 0 spiro atoms. The molecule has 1 aromatic heterocycles. The van der Waals surface area contributed by atoms with Crippen molar-refractivity contribution < 1.29 is 13.7 Å². The highest BCUT2D eigenvalue weighted by Crippen LogP contribution is 2.22. The van der Waals surface area contributed by atoms with Crippen molar-refractivity contribution in [1.29, 1.82) is 0 Å². The normalized spacial score (nSPS) is 10.6. The van der Waals surface area contributed by atoms with Crippen LogP contribution in [0.3, 0.4) is 0 Å². The summed E-state index contributed by atoms with van der Waals surface area (Å²) in [5.41, 5.74) is 3.58. The Labute approximate surface area is 132 Å². The monoisotopic (exact) mass is 310 g/mol. The minimum Gasteiger partial charge on any atom is -0.355 e. The van der Waals surface area contributed by atoms with Crippen LogP contribution in [-0.2, 0) is 0 Å². The number of nitrogens with one attached hydrogen (secondary N) is 1. The minimum atomic E-state index is -0.351. The largest absolute Gasteiger partial charge is 0.355 e. The summed E-state index contributed by atoms with van der Waals surface area (Å²) in [6.07, 6.45) is 0. The van der Waals surface area contributed by atoms with Gasteiger partial charge in [0.25, 0.3) is 5.91 Å². The molecule has 3 rings (SSSR count). The van der Waals surface area contributed by atoms with Crippen LogP contribution in [0.25, 0.3) is 11.3 Å². The van der Waals surface area contributed by atoms with Gasteiger partial charge in [-0.25, -0.2) is 4.39 Å². The predicted molar refractivity (Wildman–Crippen MR) is 85.8 cm³/mol. The molecule has 116 valence electrons. The zero-order valence-electron chi connectivity index (χ0n) is 12.8. The molecular weight excluding hydrogens is 295 g/mol. The lowest BCUT2D eigenvalue weighted by molar-refractivity contribution is 0.101. The fourth-order valence-electron chi connectivity index (χ4n) is 2.19. The van der Waals surface area contributed by atoms with Gasteiger partial charge in [0, 0.05) is 17.3 Å². The summed E-state index contributed by atoms with van der Waals surface area (Å²) in [7, 11) is 0. The second-order valence-corrected chi connectivity index (χ2v) is 5.36. The smallest absolute Gasteiger partial charge is 0.277 e. The fourth-order valence-corrected chi connectivity index (χ4v) is 2.19. The van der Waals surface area contributed by atoms with Crippen LogP contribution in [0.15, 0.2) is 53.1 Å². The number of halogens is 1. The van der Waals surface area contributed by atoms with E-state index in [4.69, 9.17) is 4.52 Å². The molecule has 1 heterocycles. The van der Waals surface area contributed by atoms with Crippen LogP contribution in [-0.4, -0.2) is 11.1 Å². The molecule has 0 unspecified atom stereocenters. The molecule has 0 atom stereocenters. The van der Waals surface area contributed by atoms with Crippen molar-refractivity contribution in [2.75, 3.05) is 5.32 Å². The number of hydrogen-bond donors (Lipinski definition) is 1. The van der Waals surface area contributed by atoms with Crippen molar-refractivity contribution in [3.63, 3.8) is 0 Å². The number of benzene rings is 2. The average molecular weight is 310 g/mol. The lowest BCUT2D eigenvalue weighted by atomic mass is 10.1. The first-order valence-electron chi connectivity index (χ1n) is 7.14. The van der Waals surface area contributed by atoms with Gasteiger partial charge < -0.3 is 9.84 Å². The third-order valence-corrected chi connectivity index (χ3v) is 3.51. The van der Waals surface area contributed by atoms with Crippen LogP contribution in [0, 0.1) is 19.7 Å². The van der Waals surface area contributed by atoms with E-state index in [-0.39, 0.29) is 17.4 Å². The van der Waals surface area contributed by atoms with Crippen molar-refractivity contribution >= 4 is 11.6 Å². The third kappa shape index (κ3) is 3.29. The van der Waals surface area contributed by atoms with E-state index in [1.54, 1.807) is 12.1 Å². The highest BCUT2D eigenvalue weighted by molar-refractivity contribution is 6.03. The van der Waals surface area contributed by atoms with E-state index < -0.39 is 0 Å². The molecule has 0 radical (unpaired) electrons. The Kier molecular flexibility index (Phi) is 3.93. The van der Waals surface area contributed by atoms with Crippen molar-refractivity contribution in [1.82, 2.24) is 5.16 Å². The Morgan fingerprint density at radius 2 is 1.83 bits per heavy atom. The van der Waals surface area contributed by atoms with Crippen LogP contribution >= 0.6 is 0 Å². The molecule has 5 heteroatoms. The molecule has 0 saturated heterocycles. The second kappa shape index (κ2) is 6.04. The molecule has 1 N–H and O–H groups in total. The van der Waals surface area contributed by atoms with Gasteiger partial charge in [-0.15, -0.1) is 0 Å². The Morgan fingerprint density at radius 3 is 2.57 bits per heavy atom. The Hall–Kier alpha value is -2.95. The first-order chi connectivity index (χ1) is 11.0. The summed E-state index contributed by atoms with van der Waals surface area (Å²) in [5, 5.41) is 6.60. The second-order valence-electron chi connectivity index (χ2n) is 5.36. The van der Waals surface area contributed by atoms with Gasteiger partial charge in [0.2, 0.25) is 0 Å². The number of rotatable bonds is 3. The summed E-state index contributed by atoms with van der Waals surface area (Å²) in [5.74, 6) is -0.270. The van der Waals surface area contributed by atoms with E-state index in [0.717, 1.165) is 16.8 Å². The predicted octanol–water partition coefficient (Wildman–Crippen LogP) is 4.35. The molecule has 23 heavy (non-hydrogen) atoms. The third-order valence-electron chi connectivity index (χ3n) is 3.51. The van der Waals surface area contributed by atoms with Crippen LogP contribution < -0.4 is 5.32 Å². The van der Waals surface area contributed by atoms with Gasteiger partial charge in [0.05, 0.1) is 0 Å². The molecule has 4 nitrogen and oxygen atoms in total. The topological polar surface area (TPSA) is 55.1 Å². The van der Waals surface area contributed by atoms with Crippen molar-refractivity contribution in [3.8, 4) is 11.3 Å². The molecule has 0 aliphatic heterocycles. The SMILES string of the molecule is Cc1ccc(C)c(NC(=O)c2cc(-c3ccc(F)cc3)on2)c1. The number of amides is 1. The zero-order valence-corrected chi connectivity index (χ0v) is 12.8. The van der Waals surface area contributed by atoms with Gasteiger partial charge in [-0.05, 0) is 55.3 Å². The van der Waals surface area contributed by atoms with Crippen molar-refractivity contribution in [2.45, 2.75) is 13.8 Å². The van der Waals surface area contributed by atoms with Crippen molar-refractivity contribution in [3.05, 3.63) is 71.2 Å². The summed E-state index contributed by atoms with van der Waals surface area (Å²) in [6, 6.07) is 13.2. The summed E-state index contributed by atoms with van der Waals surface area (Å²) < 4.78 is 18.1. The summed E-state index contributed by atoms with van der Waals surface area (Å²) >= 11 is 0. The first-order valence-corrected chi connectivity index (χ1v) is 7.14. The van der Waals surface area contributed by atoms with Crippen LogP contribution in [0.1, 0.15) is 21.6 Å². The Bertz CT molecular complexity index is 854. The molecular formula is C18H15FN2O2. The van der Waals surface area contributed by atoms with Crippen molar-refractivity contribution in [2.24, 2.45) is 0 Å². The summed E-state index contributed by atoms with van der Waals surface area (Å²) in [4.78, 5) is 12.3. The molecule has 1 amide bonds. The van der Waals surface area contributed by atoms with Crippen LogP contribution in [0.4, 0.5) is 10.1 Å². The number of aryl methyl sites for hydroxylation is 2. The average Bonchev–Trinajstić information content (AvgIpc) is 3.02. The van der Waals surface area contributed by atoms with Gasteiger partial charge in [0.15, 0.2) is 11.5 Å². The minimum absolute atomic E-state index is 0.172. The fraction of sp³-hybridized carbons (Fsp3) is 0.111. The number of hydrogen-bond acceptors (Lipinski definition) is 3. The van der Waals surface area contributed by atoms with E-state index in [9.17, 15) is 9.18 Å². The molecule has 0 saturated carbocycles. The lowest BCUT2D eigenvalue weighted by Gasteiger charge is -2.07. The van der Waals surface area contributed by atoms with E-state index in [0.29, 0.717) is 11.3 Å². The molecule has 3 aromatic rings. The number of carbonyl (C=O) groups is 1. The molecule has 2 aromatic carbocycles. The molecule has 0 aliphatic rings. The van der Waals surface area contributed by atoms with Crippen LogP contribution in [0.2, 0.25) is 0 Å². The molecule has 0 fully saturated rings. The lowest BCUT2D eigenvalue weighted by Crippen LogP contribution is -2.13. The zero-order chi connectivity index (χ0) is 16.4. The van der Waals surface area contributed by atoms with Crippen LogP contribution in [0.5, 0.6) is 0 Å². The Morgan fingerprint density at radius 1 is 1.09 bits per heavy atom. The summed E-state index contributed by atoms with van der Waals surface area (Å²) in [6.45, 7) is 3.87. The van der Waals surface area contributed by atoms with E-state index in [2.05, 4.69) is 10.5 Å². The number of anilines is 1. The van der Waals surface area contributed by atoms with Gasteiger partial charge in [0.1, 0.15) is 5.82 Å². The van der Waals surface area contributed by atoms with E-state index in [1.807, 2.05) is 32.0 Å². The maximum atomic E-state index is 12.9. The Balaban J connectivity index is 1.81. The number of aromatic nitrogens is 1. The van der Waals surface area contributed by atoms with Gasteiger partial charge in [-0.1, -0.05) is 17.3 Å². The number of nitrogens with zero attached hydrogens (tertiary/aromatic N) is 1. The maximum absolute atomic E-state index is 12.9. The highest BCUT2D eigenvalue weighted by Gasteiger charge is 2.14. The molecule has 0 bridgehead atoms. The van der Waals surface area contributed by atoms with E-state index >= 15 is 0 Å². The highest BCUT2D eigenvalue weighted by atomic mass is 19.1. The van der Waals surface area contributed by atoms with E-state index in [1.165, 1.54) is 18.2 Å². The van der Waals surface area contributed by atoms with Gasteiger partial charge in [-0.3, -0.25) is 4.79 Å². The van der Waals surface area contributed by atoms with Gasteiger partial charge in [-0.2, -0.15) is 0 Å². The molecule has 0 aliphatic carbocycles. The number of carbonyl (C=O) groups excluding carboxylic acids is 1.